The van der Waals surface area contributed by atoms with Crippen LogP contribution in [0.3, 0.4) is 0 Å². The number of fused-ring (bicyclic) bond motifs is 1. The van der Waals surface area contributed by atoms with E-state index in [-0.39, 0.29) is 24.5 Å². The minimum absolute atomic E-state index is 0.00409. The van der Waals surface area contributed by atoms with Gasteiger partial charge in [0.25, 0.3) is 5.91 Å². The van der Waals surface area contributed by atoms with Crippen LogP contribution in [0.5, 0.6) is 5.75 Å². The van der Waals surface area contributed by atoms with Gasteiger partial charge < -0.3 is 19.4 Å². The molecule has 2 amide bonds. The second-order valence-electron chi connectivity index (χ2n) is 8.40. The van der Waals surface area contributed by atoms with Gasteiger partial charge in [-0.15, -0.1) is 0 Å². The van der Waals surface area contributed by atoms with Gasteiger partial charge in [-0.2, -0.15) is 0 Å². The van der Waals surface area contributed by atoms with Crippen LogP contribution in [0.4, 0.5) is 10.1 Å². The van der Waals surface area contributed by atoms with Gasteiger partial charge in [0.15, 0.2) is 5.69 Å². The van der Waals surface area contributed by atoms with Gasteiger partial charge in [0, 0.05) is 17.8 Å². The van der Waals surface area contributed by atoms with Crippen LogP contribution >= 0.6 is 0 Å². The van der Waals surface area contributed by atoms with E-state index in [1.165, 1.54) is 41.1 Å². The molecule has 0 unspecified atom stereocenters. The average Bonchev–Trinajstić information content (AvgIpc) is 3.27. The molecule has 0 fully saturated rings. The van der Waals surface area contributed by atoms with Crippen LogP contribution in [0.25, 0.3) is 0 Å². The summed E-state index contributed by atoms with van der Waals surface area (Å²) in [5.41, 5.74) is -0.0310. The fourth-order valence-corrected chi connectivity index (χ4v) is 4.34. The summed E-state index contributed by atoms with van der Waals surface area (Å²) < 4.78 is 25.5. The van der Waals surface area contributed by atoms with Crippen molar-refractivity contribution in [3.63, 3.8) is 0 Å². The van der Waals surface area contributed by atoms with Gasteiger partial charge in [-0.05, 0) is 43.7 Å². The molecule has 0 saturated heterocycles. The fraction of sp³-hybridized carbons (Fsp3) is 0.280. The molecule has 1 aromatic heterocycles. The number of ether oxygens (including phenoxy) is 2. The second kappa shape index (κ2) is 9.21. The van der Waals surface area contributed by atoms with Gasteiger partial charge in [0.05, 0.1) is 27.1 Å². The van der Waals surface area contributed by atoms with Crippen molar-refractivity contribution in [1.82, 2.24) is 14.9 Å². The van der Waals surface area contributed by atoms with Gasteiger partial charge in [0.1, 0.15) is 22.8 Å². The number of benzene rings is 2. The summed E-state index contributed by atoms with van der Waals surface area (Å²) in [5.74, 6) is -1.70. The molecule has 1 aliphatic heterocycles. The topological polar surface area (TPSA) is 103 Å². The van der Waals surface area contributed by atoms with E-state index in [1.807, 2.05) is 18.2 Å². The summed E-state index contributed by atoms with van der Waals surface area (Å²) in [5, 5.41) is 2.89. The van der Waals surface area contributed by atoms with E-state index in [1.54, 1.807) is 27.0 Å². The van der Waals surface area contributed by atoms with Gasteiger partial charge in [0.2, 0.25) is 5.91 Å². The number of hydrogen-bond acceptors (Lipinski definition) is 6. The first kappa shape index (κ1) is 23.9. The Bertz CT molecular complexity index is 1320. The monoisotopic (exact) mass is 480 g/mol. The number of hydrogen-bond donors (Lipinski definition) is 1. The number of rotatable bonds is 6. The number of para-hydroxylation sites is 1. The number of nitrogens with one attached hydrogen (secondary N) is 1. The molecule has 0 bridgehead atoms. The largest absolute Gasteiger partial charge is 0.496 e. The third-order valence-corrected chi connectivity index (χ3v) is 6.11. The Morgan fingerprint density at radius 1 is 1.20 bits per heavy atom. The van der Waals surface area contributed by atoms with Crippen molar-refractivity contribution < 1.29 is 28.2 Å². The summed E-state index contributed by atoms with van der Waals surface area (Å²) in [6.07, 6.45) is 1.33. The molecule has 0 spiro atoms. The summed E-state index contributed by atoms with van der Waals surface area (Å²) in [6.45, 7) is 3.43. The molecule has 3 aromatic rings. The molecule has 182 valence electrons. The van der Waals surface area contributed by atoms with Gasteiger partial charge in [-0.3, -0.25) is 14.5 Å². The molecule has 9 nitrogen and oxygen atoms in total. The summed E-state index contributed by atoms with van der Waals surface area (Å²) in [7, 11) is 2.74. The number of aromatic nitrogens is 2. The molecule has 10 heteroatoms. The second-order valence-corrected chi connectivity index (χ2v) is 8.40. The molecule has 1 atom stereocenters. The number of amides is 2. The number of halogens is 1. The summed E-state index contributed by atoms with van der Waals surface area (Å²) >= 11 is 0. The van der Waals surface area contributed by atoms with Crippen LogP contribution in [0, 0.1) is 12.7 Å². The highest BCUT2D eigenvalue weighted by molar-refractivity contribution is 6.15. The van der Waals surface area contributed by atoms with Crippen molar-refractivity contribution in [2.45, 2.75) is 32.5 Å². The standard InChI is InChI=1S/C25H25FN4O5/c1-15-11-17(26)9-10-18(15)30-22(31)21-20(23(32)35-4)28-14-29(21)13-25(30,2)24(33)27-12-16-7-5-6-8-19(16)34-3/h5-11,14H,12-13H2,1-4H3,(H,27,33)/t25-/m0/s1. The van der Waals surface area contributed by atoms with Crippen molar-refractivity contribution in [3.05, 3.63) is 77.1 Å². The average molecular weight is 480 g/mol. The number of imidazole rings is 1. The van der Waals surface area contributed by atoms with Gasteiger partial charge >= 0.3 is 5.97 Å². The van der Waals surface area contributed by atoms with Crippen LogP contribution in [-0.4, -0.2) is 47.1 Å². The molecule has 0 aliphatic carbocycles. The van der Waals surface area contributed by atoms with Gasteiger partial charge in [-0.1, -0.05) is 18.2 Å². The lowest BCUT2D eigenvalue weighted by atomic mass is 9.92. The lowest BCUT2D eigenvalue weighted by molar-refractivity contribution is -0.126. The smallest absolute Gasteiger partial charge is 0.359 e. The third kappa shape index (κ3) is 4.11. The minimum atomic E-state index is -1.43. The fourth-order valence-electron chi connectivity index (χ4n) is 4.34. The number of nitrogens with zero attached hydrogens (tertiary/aromatic N) is 3. The lowest BCUT2D eigenvalue weighted by Gasteiger charge is -2.44. The quantitative estimate of drug-likeness (QED) is 0.545. The van der Waals surface area contributed by atoms with Crippen LogP contribution in [0.2, 0.25) is 0 Å². The zero-order valence-corrected chi connectivity index (χ0v) is 19.8. The lowest BCUT2D eigenvalue weighted by Crippen LogP contribution is -2.64. The molecule has 2 heterocycles. The van der Waals surface area contributed by atoms with Crippen molar-refractivity contribution in [2.24, 2.45) is 0 Å². The number of esters is 1. The predicted molar refractivity (Wildman–Crippen MR) is 125 cm³/mol. The Kier molecular flexibility index (Phi) is 6.29. The van der Waals surface area contributed by atoms with Crippen molar-refractivity contribution >= 4 is 23.5 Å². The maximum atomic E-state index is 13.9. The molecular formula is C25H25FN4O5. The molecule has 4 rings (SSSR count). The normalized spacial score (nSPS) is 17.1. The van der Waals surface area contributed by atoms with Crippen LogP contribution in [-0.2, 0) is 22.6 Å². The Hall–Kier alpha value is -4.21. The number of anilines is 1. The Labute approximate surface area is 201 Å². The first-order valence-electron chi connectivity index (χ1n) is 10.9. The first-order valence-corrected chi connectivity index (χ1v) is 10.9. The van der Waals surface area contributed by atoms with E-state index in [2.05, 4.69) is 10.3 Å². The van der Waals surface area contributed by atoms with Gasteiger partial charge in [-0.25, -0.2) is 14.2 Å². The highest BCUT2D eigenvalue weighted by Gasteiger charge is 2.50. The minimum Gasteiger partial charge on any atom is -0.496 e. The predicted octanol–water partition coefficient (Wildman–Crippen LogP) is 2.86. The Morgan fingerprint density at radius 3 is 2.63 bits per heavy atom. The van der Waals surface area contributed by atoms with E-state index in [4.69, 9.17) is 9.47 Å². The van der Waals surface area contributed by atoms with Crippen LogP contribution < -0.4 is 15.0 Å². The number of carbonyl (C=O) groups excluding carboxylic acids is 3. The molecule has 1 aliphatic rings. The SMILES string of the molecule is COC(=O)c1ncn2c1C(=O)N(c1ccc(F)cc1C)[C@](C)(C(=O)NCc1ccccc1OC)C2. The van der Waals surface area contributed by atoms with E-state index in [0.29, 0.717) is 17.0 Å². The third-order valence-electron chi connectivity index (χ3n) is 6.11. The zero-order valence-electron chi connectivity index (χ0n) is 19.8. The molecule has 35 heavy (non-hydrogen) atoms. The molecule has 2 aromatic carbocycles. The van der Waals surface area contributed by atoms with Crippen molar-refractivity contribution in [1.29, 1.82) is 0 Å². The maximum Gasteiger partial charge on any atom is 0.359 e. The van der Waals surface area contributed by atoms with Crippen LogP contribution in [0.15, 0.2) is 48.8 Å². The first-order chi connectivity index (χ1) is 16.7. The number of carbonyl (C=O) groups is 3. The van der Waals surface area contributed by atoms with E-state index >= 15 is 0 Å². The van der Waals surface area contributed by atoms with Crippen LogP contribution in [0.1, 0.15) is 39.0 Å². The number of aryl methyl sites for hydroxylation is 1. The maximum absolute atomic E-state index is 13.9. The molecule has 0 saturated carbocycles. The highest BCUT2D eigenvalue weighted by Crippen LogP contribution is 2.36. The van der Waals surface area contributed by atoms with E-state index in [0.717, 1.165) is 5.56 Å². The number of methoxy groups -OCH3 is 2. The summed E-state index contributed by atoms with van der Waals surface area (Å²) in [4.78, 5) is 45.1. The Balaban J connectivity index is 1.78. The Morgan fingerprint density at radius 2 is 1.94 bits per heavy atom. The molecule has 0 radical (unpaired) electrons. The van der Waals surface area contributed by atoms with Crippen molar-refractivity contribution in [3.8, 4) is 5.75 Å². The van der Waals surface area contributed by atoms with E-state index in [9.17, 15) is 18.8 Å². The van der Waals surface area contributed by atoms with E-state index < -0.39 is 29.1 Å². The molecular weight excluding hydrogens is 455 g/mol. The molecule has 1 N–H and O–H groups in total. The summed E-state index contributed by atoms with van der Waals surface area (Å²) in [6, 6.07) is 11.2. The zero-order chi connectivity index (χ0) is 25.3. The van der Waals surface area contributed by atoms with Crippen molar-refractivity contribution in [2.75, 3.05) is 19.1 Å². The highest BCUT2D eigenvalue weighted by atomic mass is 19.1.